The predicted octanol–water partition coefficient (Wildman–Crippen LogP) is 4.52. The zero-order valence-corrected chi connectivity index (χ0v) is 19.7. The lowest BCUT2D eigenvalue weighted by atomic mass is 10.0. The Morgan fingerprint density at radius 1 is 0.909 bits per heavy atom. The number of rotatable bonds is 10. The average molecular weight is 469 g/mol. The van der Waals surface area contributed by atoms with Crippen molar-refractivity contribution in [3.8, 4) is 17.2 Å². The number of methoxy groups -OCH3 is 1. The second kappa shape index (κ2) is 10.9. The molecule has 174 valence electrons. The molecular weight excluding hydrogens is 440 g/mol. The van der Waals surface area contributed by atoms with E-state index < -0.39 is 15.9 Å². The maximum absolute atomic E-state index is 12.8. The highest BCUT2D eigenvalue weighted by atomic mass is 32.2. The van der Waals surface area contributed by atoms with Crippen LogP contribution in [0.15, 0.2) is 78.9 Å². The molecule has 3 rings (SSSR count). The van der Waals surface area contributed by atoms with E-state index >= 15 is 0 Å². The van der Waals surface area contributed by atoms with Crippen molar-refractivity contribution in [3.63, 3.8) is 0 Å². The Hall–Kier alpha value is -3.52. The third-order valence-corrected chi connectivity index (χ3v) is 6.19. The highest BCUT2D eigenvalue weighted by Crippen LogP contribution is 2.26. The number of ether oxygens (including phenoxy) is 2. The van der Waals surface area contributed by atoms with Gasteiger partial charge in [0.25, 0.3) is 0 Å². The number of carbonyl (C=O) groups excluding carboxylic acids is 1. The van der Waals surface area contributed by atoms with Crippen LogP contribution in [0.2, 0.25) is 0 Å². The number of hydrogen-bond acceptors (Lipinski definition) is 5. The predicted molar refractivity (Wildman–Crippen MR) is 129 cm³/mol. The first-order valence-corrected chi connectivity index (χ1v) is 12.4. The minimum atomic E-state index is -3.69. The Kier molecular flexibility index (Phi) is 7.95. The lowest BCUT2D eigenvalue weighted by Crippen LogP contribution is -2.41. The number of anilines is 1. The van der Waals surface area contributed by atoms with Crippen LogP contribution in [0.5, 0.6) is 17.2 Å². The Labute approximate surface area is 195 Å². The van der Waals surface area contributed by atoms with Crippen molar-refractivity contribution in [1.29, 1.82) is 0 Å². The second-order valence-electron chi connectivity index (χ2n) is 7.48. The number of para-hydroxylation sites is 1. The van der Waals surface area contributed by atoms with E-state index in [1.807, 2.05) is 61.5 Å². The third kappa shape index (κ3) is 6.73. The topological polar surface area (TPSA) is 84.9 Å². The van der Waals surface area contributed by atoms with Gasteiger partial charge in [-0.1, -0.05) is 37.3 Å². The van der Waals surface area contributed by atoms with E-state index in [4.69, 9.17) is 9.47 Å². The number of benzene rings is 3. The van der Waals surface area contributed by atoms with Crippen molar-refractivity contribution in [2.24, 2.45) is 0 Å². The van der Waals surface area contributed by atoms with Crippen LogP contribution in [-0.4, -0.2) is 34.2 Å². The molecule has 7 nitrogen and oxygen atoms in total. The van der Waals surface area contributed by atoms with E-state index in [2.05, 4.69) is 5.32 Å². The standard InChI is InChI=1S/C25H28N2O5S/c1-4-24(19-10-14-21(31-2)15-11-19)26-25(28)18-27(33(3,29)30)20-12-16-23(17-13-20)32-22-8-6-5-7-9-22/h5-17,24H,4,18H2,1-3H3,(H,26,28). The van der Waals surface area contributed by atoms with E-state index in [-0.39, 0.29) is 12.6 Å². The maximum atomic E-state index is 12.8. The molecule has 33 heavy (non-hydrogen) atoms. The highest BCUT2D eigenvalue weighted by molar-refractivity contribution is 7.92. The highest BCUT2D eigenvalue weighted by Gasteiger charge is 2.22. The smallest absolute Gasteiger partial charge is 0.241 e. The fourth-order valence-electron chi connectivity index (χ4n) is 3.33. The molecule has 0 aliphatic carbocycles. The summed E-state index contributed by atoms with van der Waals surface area (Å²) >= 11 is 0. The molecule has 0 bridgehead atoms. The van der Waals surface area contributed by atoms with Gasteiger partial charge in [-0.25, -0.2) is 8.42 Å². The van der Waals surface area contributed by atoms with E-state index in [1.165, 1.54) is 0 Å². The molecule has 3 aromatic rings. The normalized spacial score (nSPS) is 12.0. The third-order valence-electron chi connectivity index (χ3n) is 5.05. The van der Waals surface area contributed by atoms with Crippen LogP contribution in [0.3, 0.4) is 0 Å². The maximum Gasteiger partial charge on any atom is 0.241 e. The average Bonchev–Trinajstić information content (AvgIpc) is 2.82. The van der Waals surface area contributed by atoms with Gasteiger partial charge in [-0.05, 0) is 60.5 Å². The second-order valence-corrected chi connectivity index (χ2v) is 9.39. The van der Waals surface area contributed by atoms with Gasteiger partial charge in [0.05, 0.1) is 25.1 Å². The van der Waals surface area contributed by atoms with Crippen molar-refractivity contribution >= 4 is 21.6 Å². The summed E-state index contributed by atoms with van der Waals surface area (Å²) in [5, 5.41) is 2.93. The molecule has 0 spiro atoms. The van der Waals surface area contributed by atoms with Crippen molar-refractivity contribution in [2.45, 2.75) is 19.4 Å². The zero-order valence-electron chi connectivity index (χ0n) is 18.9. The van der Waals surface area contributed by atoms with Crippen LogP contribution < -0.4 is 19.1 Å². The van der Waals surface area contributed by atoms with Gasteiger partial charge in [0.2, 0.25) is 15.9 Å². The van der Waals surface area contributed by atoms with E-state index in [0.29, 0.717) is 23.6 Å². The molecule has 3 aromatic carbocycles. The molecule has 0 saturated carbocycles. The number of nitrogens with zero attached hydrogens (tertiary/aromatic N) is 1. The van der Waals surface area contributed by atoms with Crippen LogP contribution >= 0.6 is 0 Å². The molecule has 1 amide bonds. The van der Waals surface area contributed by atoms with Crippen molar-refractivity contribution in [1.82, 2.24) is 5.32 Å². The lowest BCUT2D eigenvalue weighted by molar-refractivity contribution is -0.120. The molecule has 1 N–H and O–H groups in total. The molecule has 0 aliphatic heterocycles. The van der Waals surface area contributed by atoms with Gasteiger partial charge < -0.3 is 14.8 Å². The summed E-state index contributed by atoms with van der Waals surface area (Å²) in [5.74, 6) is 1.57. The molecule has 0 radical (unpaired) electrons. The SMILES string of the molecule is CCC(NC(=O)CN(c1ccc(Oc2ccccc2)cc1)S(C)(=O)=O)c1ccc(OC)cc1. The summed E-state index contributed by atoms with van der Waals surface area (Å²) in [5.41, 5.74) is 1.30. The van der Waals surface area contributed by atoms with Crippen LogP contribution in [0.25, 0.3) is 0 Å². The molecule has 1 atom stereocenters. The first-order valence-electron chi connectivity index (χ1n) is 10.5. The minimum Gasteiger partial charge on any atom is -0.497 e. The fourth-order valence-corrected chi connectivity index (χ4v) is 4.19. The fraction of sp³-hybridized carbons (Fsp3) is 0.240. The molecular formula is C25H28N2O5S. The first-order chi connectivity index (χ1) is 15.8. The van der Waals surface area contributed by atoms with Crippen molar-refractivity contribution < 1.29 is 22.7 Å². The van der Waals surface area contributed by atoms with Gasteiger partial charge in [-0.15, -0.1) is 0 Å². The van der Waals surface area contributed by atoms with Crippen molar-refractivity contribution in [2.75, 3.05) is 24.2 Å². The van der Waals surface area contributed by atoms with E-state index in [9.17, 15) is 13.2 Å². The van der Waals surface area contributed by atoms with E-state index in [1.54, 1.807) is 31.4 Å². The Morgan fingerprint density at radius 3 is 2.03 bits per heavy atom. The Balaban J connectivity index is 1.71. The lowest BCUT2D eigenvalue weighted by Gasteiger charge is -2.24. The van der Waals surface area contributed by atoms with Gasteiger partial charge in [-0.3, -0.25) is 9.10 Å². The first kappa shape index (κ1) is 24.1. The van der Waals surface area contributed by atoms with Gasteiger partial charge in [0.1, 0.15) is 23.8 Å². The number of nitrogens with one attached hydrogen (secondary N) is 1. The summed E-state index contributed by atoms with van der Waals surface area (Å²) in [7, 11) is -2.09. The number of sulfonamides is 1. The Morgan fingerprint density at radius 2 is 1.48 bits per heavy atom. The molecule has 1 unspecified atom stereocenters. The van der Waals surface area contributed by atoms with Crippen molar-refractivity contribution in [3.05, 3.63) is 84.4 Å². The molecule has 0 aromatic heterocycles. The summed E-state index contributed by atoms with van der Waals surface area (Å²) < 4.78 is 36.9. The van der Waals surface area contributed by atoms with E-state index in [0.717, 1.165) is 21.9 Å². The summed E-state index contributed by atoms with van der Waals surface area (Å²) in [4.78, 5) is 12.8. The van der Waals surface area contributed by atoms with Gasteiger partial charge in [0, 0.05) is 0 Å². The molecule has 8 heteroatoms. The summed E-state index contributed by atoms with van der Waals surface area (Å²) in [6, 6.07) is 23.0. The van der Waals surface area contributed by atoms with Gasteiger partial charge >= 0.3 is 0 Å². The van der Waals surface area contributed by atoms with Gasteiger partial charge in [0.15, 0.2) is 0 Å². The molecule has 0 heterocycles. The Bertz CT molecular complexity index is 1150. The molecule has 0 fully saturated rings. The molecule has 0 aliphatic rings. The summed E-state index contributed by atoms with van der Waals surface area (Å²) in [6.07, 6.45) is 1.73. The minimum absolute atomic E-state index is 0.244. The van der Waals surface area contributed by atoms with Gasteiger partial charge in [-0.2, -0.15) is 0 Å². The van der Waals surface area contributed by atoms with Crippen LogP contribution in [0.1, 0.15) is 24.9 Å². The summed E-state index contributed by atoms with van der Waals surface area (Å²) in [6.45, 7) is 1.62. The van der Waals surface area contributed by atoms with Crippen LogP contribution in [0.4, 0.5) is 5.69 Å². The van der Waals surface area contributed by atoms with Crippen LogP contribution in [-0.2, 0) is 14.8 Å². The molecule has 0 saturated heterocycles. The monoisotopic (exact) mass is 468 g/mol. The quantitative estimate of drug-likeness (QED) is 0.473. The number of amides is 1. The largest absolute Gasteiger partial charge is 0.497 e. The zero-order chi connectivity index (χ0) is 23.8. The number of carbonyl (C=O) groups is 1. The van der Waals surface area contributed by atoms with Crippen LogP contribution in [0, 0.1) is 0 Å². The number of hydrogen-bond donors (Lipinski definition) is 1.